The SMILES string of the molecule is O=Cc1c(-c2ncc[nH]2)nc2n1CCS2. The molecule has 15 heavy (non-hydrogen) atoms. The summed E-state index contributed by atoms with van der Waals surface area (Å²) in [6.07, 6.45) is 4.23. The van der Waals surface area contributed by atoms with Crippen molar-refractivity contribution in [3.05, 3.63) is 18.1 Å². The molecule has 0 spiro atoms. The average Bonchev–Trinajstić information content (AvgIpc) is 2.93. The molecule has 5 nitrogen and oxygen atoms in total. The molecule has 1 N–H and O–H groups in total. The highest BCUT2D eigenvalue weighted by molar-refractivity contribution is 7.99. The van der Waals surface area contributed by atoms with Gasteiger partial charge < -0.3 is 9.55 Å². The lowest BCUT2D eigenvalue weighted by Crippen LogP contribution is -2.00. The number of aromatic amines is 1. The number of carbonyl (C=O) groups is 1. The van der Waals surface area contributed by atoms with Gasteiger partial charge in [0.05, 0.1) is 0 Å². The number of fused-ring (bicyclic) bond motifs is 1. The second-order valence-corrected chi connectivity index (χ2v) is 4.25. The summed E-state index contributed by atoms with van der Waals surface area (Å²) in [7, 11) is 0. The lowest BCUT2D eigenvalue weighted by Gasteiger charge is -1.97. The van der Waals surface area contributed by atoms with E-state index in [9.17, 15) is 4.79 Å². The van der Waals surface area contributed by atoms with E-state index in [2.05, 4.69) is 15.0 Å². The molecular formula is C9H8N4OS. The van der Waals surface area contributed by atoms with Crippen LogP contribution in [0.15, 0.2) is 17.6 Å². The van der Waals surface area contributed by atoms with Gasteiger partial charge in [0.25, 0.3) is 0 Å². The summed E-state index contributed by atoms with van der Waals surface area (Å²) in [6, 6.07) is 0. The van der Waals surface area contributed by atoms with E-state index in [0.717, 1.165) is 23.7 Å². The van der Waals surface area contributed by atoms with Crippen molar-refractivity contribution in [2.24, 2.45) is 0 Å². The van der Waals surface area contributed by atoms with Crippen LogP contribution in [0, 0.1) is 0 Å². The molecule has 3 rings (SSSR count). The van der Waals surface area contributed by atoms with Gasteiger partial charge in [-0.3, -0.25) is 4.79 Å². The summed E-state index contributed by atoms with van der Waals surface area (Å²) < 4.78 is 1.94. The number of thioether (sulfide) groups is 1. The van der Waals surface area contributed by atoms with Crippen LogP contribution in [0.2, 0.25) is 0 Å². The van der Waals surface area contributed by atoms with Crippen molar-refractivity contribution in [1.82, 2.24) is 19.5 Å². The number of nitrogens with one attached hydrogen (secondary N) is 1. The first-order valence-electron chi connectivity index (χ1n) is 4.58. The monoisotopic (exact) mass is 220 g/mol. The molecular weight excluding hydrogens is 212 g/mol. The van der Waals surface area contributed by atoms with E-state index in [1.165, 1.54) is 0 Å². The Kier molecular flexibility index (Phi) is 1.88. The Morgan fingerprint density at radius 3 is 3.27 bits per heavy atom. The molecule has 0 bridgehead atoms. The van der Waals surface area contributed by atoms with E-state index in [1.54, 1.807) is 24.2 Å². The zero-order valence-corrected chi connectivity index (χ0v) is 8.62. The first kappa shape index (κ1) is 8.72. The molecule has 76 valence electrons. The van der Waals surface area contributed by atoms with Gasteiger partial charge in [-0.2, -0.15) is 0 Å². The van der Waals surface area contributed by atoms with Crippen molar-refractivity contribution in [2.45, 2.75) is 11.7 Å². The van der Waals surface area contributed by atoms with Crippen molar-refractivity contribution in [3.63, 3.8) is 0 Å². The largest absolute Gasteiger partial charge is 0.343 e. The Morgan fingerprint density at radius 2 is 2.53 bits per heavy atom. The van der Waals surface area contributed by atoms with E-state index < -0.39 is 0 Å². The van der Waals surface area contributed by atoms with Gasteiger partial charge in [0.2, 0.25) is 0 Å². The molecule has 0 amide bonds. The summed E-state index contributed by atoms with van der Waals surface area (Å²) in [5.41, 5.74) is 1.27. The van der Waals surface area contributed by atoms with Crippen LogP contribution in [0.5, 0.6) is 0 Å². The smallest absolute Gasteiger partial charge is 0.169 e. The van der Waals surface area contributed by atoms with Gasteiger partial charge in [0.1, 0.15) is 11.4 Å². The number of nitrogens with zero attached hydrogens (tertiary/aromatic N) is 3. The lowest BCUT2D eigenvalue weighted by molar-refractivity contribution is 0.111. The molecule has 0 atom stereocenters. The number of rotatable bonds is 2. The maximum atomic E-state index is 11.0. The van der Waals surface area contributed by atoms with Crippen molar-refractivity contribution in [2.75, 3.05) is 5.75 Å². The zero-order valence-electron chi connectivity index (χ0n) is 7.80. The molecule has 0 aromatic carbocycles. The number of hydrogen-bond acceptors (Lipinski definition) is 4. The minimum Gasteiger partial charge on any atom is -0.343 e. The van der Waals surface area contributed by atoms with Crippen molar-refractivity contribution in [1.29, 1.82) is 0 Å². The topological polar surface area (TPSA) is 63.6 Å². The Balaban J connectivity index is 2.20. The number of aldehydes is 1. The Hall–Kier alpha value is -1.56. The van der Waals surface area contributed by atoms with E-state index in [0.29, 0.717) is 17.2 Å². The lowest BCUT2D eigenvalue weighted by atomic mass is 10.3. The molecule has 1 aliphatic heterocycles. The van der Waals surface area contributed by atoms with Gasteiger partial charge in [-0.25, -0.2) is 9.97 Å². The van der Waals surface area contributed by atoms with Crippen LogP contribution >= 0.6 is 11.8 Å². The van der Waals surface area contributed by atoms with Crippen molar-refractivity contribution < 1.29 is 4.79 Å². The van der Waals surface area contributed by atoms with Crippen molar-refractivity contribution >= 4 is 18.0 Å². The molecule has 0 radical (unpaired) electrons. The van der Waals surface area contributed by atoms with E-state index in [-0.39, 0.29) is 0 Å². The molecule has 0 fully saturated rings. The quantitative estimate of drug-likeness (QED) is 0.772. The molecule has 0 saturated carbocycles. The highest BCUT2D eigenvalue weighted by atomic mass is 32.2. The minimum atomic E-state index is 0.616. The fraction of sp³-hybridized carbons (Fsp3) is 0.222. The third-order valence-corrected chi connectivity index (χ3v) is 3.31. The van der Waals surface area contributed by atoms with Crippen LogP contribution in [-0.2, 0) is 6.54 Å². The van der Waals surface area contributed by atoms with E-state index in [4.69, 9.17) is 0 Å². The third-order valence-electron chi connectivity index (χ3n) is 2.35. The summed E-state index contributed by atoms with van der Waals surface area (Å²) in [5, 5.41) is 0.906. The predicted molar refractivity (Wildman–Crippen MR) is 55.9 cm³/mol. The maximum Gasteiger partial charge on any atom is 0.169 e. The second-order valence-electron chi connectivity index (χ2n) is 3.18. The molecule has 2 aromatic rings. The highest BCUT2D eigenvalue weighted by Crippen LogP contribution is 2.30. The number of hydrogen-bond donors (Lipinski definition) is 1. The first-order chi connectivity index (χ1) is 7.40. The third kappa shape index (κ3) is 1.21. The Labute approximate surface area is 89.9 Å². The van der Waals surface area contributed by atoms with Gasteiger partial charge in [-0.15, -0.1) is 0 Å². The predicted octanol–water partition coefficient (Wildman–Crippen LogP) is 1.19. The Morgan fingerprint density at radius 1 is 1.60 bits per heavy atom. The van der Waals surface area contributed by atoms with Crippen LogP contribution in [0.1, 0.15) is 10.5 Å². The standard InChI is InChI=1S/C9H8N4OS/c14-5-6-7(8-10-1-2-11-8)12-9-13(6)3-4-15-9/h1-2,5H,3-4H2,(H,10,11). The Bertz CT molecular complexity index is 502. The van der Waals surface area contributed by atoms with E-state index >= 15 is 0 Å². The summed E-state index contributed by atoms with van der Waals surface area (Å²) >= 11 is 1.67. The number of aromatic nitrogens is 4. The van der Waals surface area contributed by atoms with Crippen LogP contribution in [-0.4, -0.2) is 31.6 Å². The molecule has 0 aliphatic carbocycles. The fourth-order valence-electron chi connectivity index (χ4n) is 1.69. The van der Waals surface area contributed by atoms with Gasteiger partial charge in [-0.05, 0) is 0 Å². The number of H-pyrrole nitrogens is 1. The summed E-state index contributed by atoms with van der Waals surface area (Å²) in [4.78, 5) is 22.5. The number of carbonyl (C=O) groups excluding carboxylic acids is 1. The fourth-order valence-corrected chi connectivity index (χ4v) is 2.64. The van der Waals surface area contributed by atoms with Gasteiger partial charge >= 0.3 is 0 Å². The van der Waals surface area contributed by atoms with Crippen LogP contribution in [0.3, 0.4) is 0 Å². The van der Waals surface area contributed by atoms with Gasteiger partial charge in [-0.1, -0.05) is 11.8 Å². The second kappa shape index (κ2) is 3.23. The van der Waals surface area contributed by atoms with Crippen LogP contribution < -0.4 is 0 Å². The molecule has 2 aromatic heterocycles. The van der Waals surface area contributed by atoms with E-state index in [1.807, 2.05) is 4.57 Å². The van der Waals surface area contributed by atoms with Gasteiger partial charge in [0, 0.05) is 24.7 Å². The van der Waals surface area contributed by atoms with Crippen LogP contribution in [0.25, 0.3) is 11.5 Å². The number of imidazole rings is 2. The molecule has 0 saturated heterocycles. The minimum absolute atomic E-state index is 0.616. The molecule has 0 unspecified atom stereocenters. The first-order valence-corrected chi connectivity index (χ1v) is 5.57. The maximum absolute atomic E-state index is 11.0. The average molecular weight is 220 g/mol. The summed E-state index contributed by atoms with van der Waals surface area (Å²) in [5.74, 6) is 1.64. The van der Waals surface area contributed by atoms with Crippen LogP contribution in [0.4, 0.5) is 0 Å². The molecule has 3 heterocycles. The zero-order chi connectivity index (χ0) is 10.3. The molecule has 1 aliphatic rings. The summed E-state index contributed by atoms with van der Waals surface area (Å²) in [6.45, 7) is 0.849. The van der Waals surface area contributed by atoms with Gasteiger partial charge in [0.15, 0.2) is 17.3 Å². The molecule has 6 heteroatoms. The van der Waals surface area contributed by atoms with Crippen molar-refractivity contribution in [3.8, 4) is 11.5 Å². The normalized spacial score (nSPS) is 14.1. The highest BCUT2D eigenvalue weighted by Gasteiger charge is 2.22.